The van der Waals surface area contributed by atoms with Gasteiger partial charge in [-0.25, -0.2) is 9.78 Å². The van der Waals surface area contributed by atoms with E-state index in [-0.39, 0.29) is 6.03 Å². The molecule has 2 atom stereocenters. The van der Waals surface area contributed by atoms with E-state index in [0.717, 1.165) is 43.2 Å². The summed E-state index contributed by atoms with van der Waals surface area (Å²) in [4.78, 5) is 21.2. The van der Waals surface area contributed by atoms with Crippen LogP contribution in [0.1, 0.15) is 5.56 Å². The first-order valence-electron chi connectivity index (χ1n) is 8.58. The third-order valence-electron chi connectivity index (χ3n) is 5.20. The third-order valence-corrected chi connectivity index (χ3v) is 5.42. The number of hydrogen-bond donors (Lipinski definition) is 1. The quantitative estimate of drug-likeness (QED) is 0.893. The van der Waals surface area contributed by atoms with Gasteiger partial charge in [-0.15, -0.1) is 0 Å². The number of carbonyl (C=O) groups excluding carboxylic acids is 1. The molecule has 0 spiro atoms. The minimum Gasteiger partial charge on any atom is -0.356 e. The van der Waals surface area contributed by atoms with Gasteiger partial charge in [0.2, 0.25) is 0 Å². The van der Waals surface area contributed by atoms with E-state index >= 15 is 0 Å². The van der Waals surface area contributed by atoms with Gasteiger partial charge in [0.1, 0.15) is 5.82 Å². The van der Waals surface area contributed by atoms with Crippen molar-refractivity contribution >= 4 is 29.1 Å². The number of para-hydroxylation sites is 1. The summed E-state index contributed by atoms with van der Waals surface area (Å²) in [5.74, 6) is 1.97. The molecule has 130 valence electrons. The molecule has 2 fully saturated rings. The number of urea groups is 1. The van der Waals surface area contributed by atoms with Gasteiger partial charge in [0.25, 0.3) is 0 Å². The molecule has 2 aliphatic rings. The van der Waals surface area contributed by atoms with Crippen LogP contribution >= 0.6 is 11.6 Å². The second-order valence-corrected chi connectivity index (χ2v) is 7.35. The Labute approximate surface area is 152 Å². The van der Waals surface area contributed by atoms with Crippen molar-refractivity contribution in [2.75, 3.05) is 36.4 Å². The van der Waals surface area contributed by atoms with Crippen molar-refractivity contribution in [2.24, 2.45) is 11.8 Å². The van der Waals surface area contributed by atoms with E-state index in [1.54, 1.807) is 6.20 Å². The number of aryl methyl sites for hydroxylation is 1. The molecule has 3 heterocycles. The van der Waals surface area contributed by atoms with E-state index < -0.39 is 0 Å². The summed E-state index contributed by atoms with van der Waals surface area (Å²) >= 11 is 5.91. The average Bonchev–Trinajstić information content (AvgIpc) is 3.16. The molecule has 1 aromatic carbocycles. The lowest BCUT2D eigenvalue weighted by molar-refractivity contribution is 0.219. The maximum absolute atomic E-state index is 12.6. The van der Waals surface area contributed by atoms with Crippen molar-refractivity contribution < 1.29 is 4.79 Å². The molecule has 2 saturated heterocycles. The second kappa shape index (κ2) is 6.56. The standard InChI is InChI=1S/C19H21ClN4O/c1-13-4-2-3-5-17(13)22-19(25)24-11-14-9-23(10-15(14)12-24)18-7-6-16(20)8-21-18/h2-8,14-15H,9-12H2,1H3,(H,22,25). The Balaban J connectivity index is 1.37. The van der Waals surface area contributed by atoms with Crippen LogP contribution < -0.4 is 10.2 Å². The van der Waals surface area contributed by atoms with Gasteiger partial charge in [0.05, 0.1) is 5.02 Å². The van der Waals surface area contributed by atoms with Crippen molar-refractivity contribution in [3.8, 4) is 0 Å². The Hall–Kier alpha value is -2.27. The molecule has 2 unspecified atom stereocenters. The number of benzene rings is 1. The minimum absolute atomic E-state index is 0.000122. The van der Waals surface area contributed by atoms with E-state index in [9.17, 15) is 4.79 Å². The van der Waals surface area contributed by atoms with Crippen LogP contribution in [0.2, 0.25) is 5.02 Å². The molecule has 0 bridgehead atoms. The topological polar surface area (TPSA) is 48.5 Å². The lowest BCUT2D eigenvalue weighted by Gasteiger charge is -2.23. The highest BCUT2D eigenvalue weighted by atomic mass is 35.5. The summed E-state index contributed by atoms with van der Waals surface area (Å²) in [6.45, 7) is 5.48. The minimum atomic E-state index is -0.000122. The number of amides is 2. The fourth-order valence-electron chi connectivity index (χ4n) is 3.81. The Bertz CT molecular complexity index is 765. The molecule has 1 N–H and O–H groups in total. The maximum atomic E-state index is 12.6. The van der Waals surface area contributed by atoms with Crippen LogP contribution in [-0.4, -0.2) is 42.1 Å². The lowest BCUT2D eigenvalue weighted by Crippen LogP contribution is -2.36. The number of nitrogens with one attached hydrogen (secondary N) is 1. The third kappa shape index (κ3) is 3.29. The van der Waals surface area contributed by atoms with Crippen LogP contribution in [0.3, 0.4) is 0 Å². The van der Waals surface area contributed by atoms with Crippen LogP contribution in [0, 0.1) is 18.8 Å². The van der Waals surface area contributed by atoms with E-state index in [2.05, 4.69) is 15.2 Å². The Morgan fingerprint density at radius 2 is 1.84 bits per heavy atom. The predicted octanol–water partition coefficient (Wildman–Crippen LogP) is 3.64. The summed E-state index contributed by atoms with van der Waals surface area (Å²) in [6.07, 6.45) is 1.69. The highest BCUT2D eigenvalue weighted by Gasteiger charge is 2.42. The number of hydrogen-bond acceptors (Lipinski definition) is 3. The zero-order valence-corrected chi connectivity index (χ0v) is 14.9. The number of fused-ring (bicyclic) bond motifs is 1. The number of pyridine rings is 1. The first-order chi connectivity index (χ1) is 12.1. The molecule has 2 amide bonds. The van der Waals surface area contributed by atoms with Gasteiger partial charge in [0.15, 0.2) is 0 Å². The van der Waals surface area contributed by atoms with Crippen LogP contribution in [0.15, 0.2) is 42.6 Å². The van der Waals surface area contributed by atoms with Crippen LogP contribution in [0.5, 0.6) is 0 Å². The van der Waals surface area contributed by atoms with Gasteiger partial charge >= 0.3 is 6.03 Å². The van der Waals surface area contributed by atoms with Gasteiger partial charge in [-0.2, -0.15) is 0 Å². The molecule has 0 radical (unpaired) electrons. The summed E-state index contributed by atoms with van der Waals surface area (Å²) in [5.41, 5.74) is 1.96. The zero-order chi connectivity index (χ0) is 17.4. The average molecular weight is 357 g/mol. The van der Waals surface area contributed by atoms with Crippen LogP contribution in [-0.2, 0) is 0 Å². The molecule has 0 saturated carbocycles. The van der Waals surface area contributed by atoms with E-state index in [4.69, 9.17) is 11.6 Å². The number of halogens is 1. The molecule has 4 rings (SSSR count). The largest absolute Gasteiger partial charge is 0.356 e. The van der Waals surface area contributed by atoms with Crippen LogP contribution in [0.4, 0.5) is 16.3 Å². The molecule has 2 aromatic rings. The highest BCUT2D eigenvalue weighted by Crippen LogP contribution is 2.33. The van der Waals surface area contributed by atoms with E-state index in [1.165, 1.54) is 0 Å². The normalized spacial score (nSPS) is 22.2. The monoisotopic (exact) mass is 356 g/mol. The van der Waals surface area contributed by atoms with E-state index in [0.29, 0.717) is 16.9 Å². The lowest BCUT2D eigenvalue weighted by atomic mass is 10.0. The fraction of sp³-hybridized carbons (Fsp3) is 0.368. The van der Waals surface area contributed by atoms with E-state index in [1.807, 2.05) is 48.2 Å². The zero-order valence-electron chi connectivity index (χ0n) is 14.2. The first-order valence-corrected chi connectivity index (χ1v) is 8.96. The number of anilines is 2. The van der Waals surface area contributed by atoms with Crippen molar-refractivity contribution in [2.45, 2.75) is 6.92 Å². The van der Waals surface area contributed by atoms with Crippen molar-refractivity contribution in [1.29, 1.82) is 0 Å². The molecular weight excluding hydrogens is 336 g/mol. The van der Waals surface area contributed by atoms with Crippen molar-refractivity contribution in [3.63, 3.8) is 0 Å². The summed E-state index contributed by atoms with van der Waals surface area (Å²) in [6, 6.07) is 11.7. The Kier molecular flexibility index (Phi) is 4.25. The Morgan fingerprint density at radius 3 is 2.48 bits per heavy atom. The van der Waals surface area contributed by atoms with Gasteiger partial charge < -0.3 is 15.1 Å². The molecule has 6 heteroatoms. The number of likely N-dealkylation sites (tertiary alicyclic amines) is 1. The number of rotatable bonds is 2. The van der Waals surface area contributed by atoms with Gasteiger partial charge in [-0.05, 0) is 30.7 Å². The molecular formula is C19H21ClN4O. The highest BCUT2D eigenvalue weighted by molar-refractivity contribution is 6.30. The molecule has 5 nitrogen and oxygen atoms in total. The Morgan fingerprint density at radius 1 is 1.12 bits per heavy atom. The van der Waals surface area contributed by atoms with Gasteiger partial charge in [-0.1, -0.05) is 29.8 Å². The molecule has 1 aromatic heterocycles. The summed E-state index contributed by atoms with van der Waals surface area (Å²) in [7, 11) is 0. The summed E-state index contributed by atoms with van der Waals surface area (Å²) < 4.78 is 0. The molecule has 2 aliphatic heterocycles. The van der Waals surface area contributed by atoms with Gasteiger partial charge in [0, 0.05) is 49.9 Å². The fourth-order valence-corrected chi connectivity index (χ4v) is 3.92. The smallest absolute Gasteiger partial charge is 0.321 e. The SMILES string of the molecule is Cc1ccccc1NC(=O)N1CC2CN(c3ccc(Cl)cn3)CC2C1. The van der Waals surface area contributed by atoms with Crippen molar-refractivity contribution in [1.82, 2.24) is 9.88 Å². The second-order valence-electron chi connectivity index (χ2n) is 6.91. The predicted molar refractivity (Wildman–Crippen MR) is 100 cm³/mol. The first kappa shape index (κ1) is 16.2. The molecule has 25 heavy (non-hydrogen) atoms. The van der Waals surface area contributed by atoms with Crippen molar-refractivity contribution in [3.05, 3.63) is 53.2 Å². The maximum Gasteiger partial charge on any atom is 0.321 e. The van der Waals surface area contributed by atoms with Gasteiger partial charge in [-0.3, -0.25) is 0 Å². The summed E-state index contributed by atoms with van der Waals surface area (Å²) in [5, 5.41) is 3.69. The molecule has 0 aliphatic carbocycles. The number of nitrogens with zero attached hydrogens (tertiary/aromatic N) is 3. The number of aromatic nitrogens is 1. The van der Waals surface area contributed by atoms with Crippen LogP contribution in [0.25, 0.3) is 0 Å². The number of carbonyl (C=O) groups is 1.